The quantitative estimate of drug-likeness (QED) is 0.701. The number of carbonyl (C=O) groups excluding carboxylic acids is 1. The van der Waals surface area contributed by atoms with Crippen molar-refractivity contribution in [3.63, 3.8) is 0 Å². The van der Waals surface area contributed by atoms with Crippen LogP contribution in [0.5, 0.6) is 0 Å². The third-order valence-electron chi connectivity index (χ3n) is 5.65. The molecule has 2 aromatic carbocycles. The van der Waals surface area contributed by atoms with Crippen molar-refractivity contribution in [3.05, 3.63) is 80.5 Å². The lowest BCUT2D eigenvalue weighted by Crippen LogP contribution is -2.37. The van der Waals surface area contributed by atoms with E-state index in [9.17, 15) is 14.4 Å². The van der Waals surface area contributed by atoms with E-state index >= 15 is 0 Å². The minimum Gasteiger partial charge on any atom is -0.349 e. The van der Waals surface area contributed by atoms with Crippen molar-refractivity contribution < 1.29 is 4.79 Å². The van der Waals surface area contributed by atoms with E-state index in [0.717, 1.165) is 31.2 Å². The van der Waals surface area contributed by atoms with Crippen molar-refractivity contribution >= 4 is 16.8 Å². The molecule has 1 aliphatic rings. The Labute approximate surface area is 168 Å². The van der Waals surface area contributed by atoms with Gasteiger partial charge < -0.3 is 10.3 Å². The number of amides is 1. The van der Waals surface area contributed by atoms with Crippen LogP contribution >= 0.6 is 0 Å². The summed E-state index contributed by atoms with van der Waals surface area (Å²) in [6.45, 7) is 0.304. The first-order valence-electron chi connectivity index (χ1n) is 10.2. The van der Waals surface area contributed by atoms with Gasteiger partial charge in [-0.15, -0.1) is 0 Å². The number of hydrogen-bond donors (Lipinski definition) is 2. The minimum absolute atomic E-state index is 0.159. The average molecular weight is 391 g/mol. The van der Waals surface area contributed by atoms with Crippen molar-refractivity contribution in [2.45, 2.75) is 51.1 Å². The van der Waals surface area contributed by atoms with Crippen LogP contribution in [-0.4, -0.2) is 21.5 Å². The van der Waals surface area contributed by atoms with Gasteiger partial charge >= 0.3 is 5.69 Å². The van der Waals surface area contributed by atoms with Crippen LogP contribution < -0.4 is 16.6 Å². The molecule has 1 fully saturated rings. The third kappa shape index (κ3) is 4.31. The Morgan fingerprint density at radius 3 is 2.55 bits per heavy atom. The molecule has 29 heavy (non-hydrogen) atoms. The molecule has 6 heteroatoms. The van der Waals surface area contributed by atoms with Crippen LogP contribution in [0.1, 0.15) is 48.0 Å². The zero-order chi connectivity index (χ0) is 20.2. The van der Waals surface area contributed by atoms with E-state index in [-0.39, 0.29) is 17.5 Å². The van der Waals surface area contributed by atoms with Crippen LogP contribution in [0.25, 0.3) is 10.9 Å². The molecule has 0 bridgehead atoms. The number of aromatic amines is 1. The van der Waals surface area contributed by atoms with E-state index in [0.29, 0.717) is 29.4 Å². The van der Waals surface area contributed by atoms with Gasteiger partial charge in [-0.3, -0.25) is 14.2 Å². The molecule has 3 aromatic rings. The van der Waals surface area contributed by atoms with Gasteiger partial charge in [-0.2, -0.15) is 0 Å². The number of aromatic nitrogens is 2. The Bertz CT molecular complexity index is 1130. The van der Waals surface area contributed by atoms with Crippen molar-refractivity contribution in [1.29, 1.82) is 0 Å². The standard InChI is InChI=1S/C23H25N3O3/c27-21(24-18-9-5-2-6-10-18)17-11-12-19-20(15-17)25-23(29)26(22(19)28)14-13-16-7-3-1-4-8-16/h1,3-4,7-8,11-12,15,18H,2,5-6,9-10,13-14H2,(H,24,27)(H,25,29). The molecule has 0 atom stereocenters. The summed E-state index contributed by atoms with van der Waals surface area (Å²) in [6, 6.07) is 14.8. The lowest BCUT2D eigenvalue weighted by Gasteiger charge is -2.22. The van der Waals surface area contributed by atoms with Crippen molar-refractivity contribution in [2.75, 3.05) is 0 Å². The fraction of sp³-hybridized carbons (Fsp3) is 0.348. The molecule has 150 valence electrons. The Balaban J connectivity index is 1.57. The topological polar surface area (TPSA) is 84.0 Å². The lowest BCUT2D eigenvalue weighted by molar-refractivity contribution is 0.0928. The highest BCUT2D eigenvalue weighted by molar-refractivity contribution is 5.97. The lowest BCUT2D eigenvalue weighted by atomic mass is 9.95. The summed E-state index contributed by atoms with van der Waals surface area (Å²) < 4.78 is 1.22. The molecule has 0 saturated heterocycles. The van der Waals surface area contributed by atoms with E-state index < -0.39 is 5.69 Å². The second-order valence-electron chi connectivity index (χ2n) is 7.69. The molecule has 0 aliphatic heterocycles. The summed E-state index contributed by atoms with van der Waals surface area (Å²) in [5, 5.41) is 3.47. The molecule has 6 nitrogen and oxygen atoms in total. The van der Waals surface area contributed by atoms with Crippen LogP contribution in [0.15, 0.2) is 58.1 Å². The number of rotatable bonds is 5. The molecule has 0 unspecified atom stereocenters. The number of nitrogens with one attached hydrogen (secondary N) is 2. The second kappa shape index (κ2) is 8.47. The summed E-state index contributed by atoms with van der Waals surface area (Å²) in [5.41, 5.74) is 1.13. The number of benzene rings is 2. The normalized spacial score (nSPS) is 14.8. The van der Waals surface area contributed by atoms with Crippen LogP contribution in [0.4, 0.5) is 0 Å². The Morgan fingerprint density at radius 1 is 1.03 bits per heavy atom. The van der Waals surface area contributed by atoms with Gasteiger partial charge in [-0.25, -0.2) is 4.79 Å². The molecule has 0 spiro atoms. The Morgan fingerprint density at radius 2 is 1.79 bits per heavy atom. The monoisotopic (exact) mass is 391 g/mol. The van der Waals surface area contributed by atoms with Crippen molar-refractivity contribution in [1.82, 2.24) is 14.9 Å². The van der Waals surface area contributed by atoms with Gasteiger partial charge in [0.1, 0.15) is 0 Å². The highest BCUT2D eigenvalue weighted by Crippen LogP contribution is 2.18. The molecular formula is C23H25N3O3. The Hall–Kier alpha value is -3.15. The summed E-state index contributed by atoms with van der Waals surface area (Å²) in [7, 11) is 0. The number of nitrogens with zero attached hydrogens (tertiary/aromatic N) is 1. The average Bonchev–Trinajstić information content (AvgIpc) is 2.74. The molecule has 1 saturated carbocycles. The largest absolute Gasteiger partial charge is 0.349 e. The zero-order valence-electron chi connectivity index (χ0n) is 16.3. The number of aryl methyl sites for hydroxylation is 1. The van der Waals surface area contributed by atoms with Crippen LogP contribution in [0.3, 0.4) is 0 Å². The molecule has 1 amide bonds. The Kier molecular flexibility index (Phi) is 5.60. The fourth-order valence-electron chi connectivity index (χ4n) is 4.00. The molecule has 4 rings (SSSR count). The molecule has 0 radical (unpaired) electrons. The zero-order valence-corrected chi connectivity index (χ0v) is 16.3. The summed E-state index contributed by atoms with van der Waals surface area (Å²) in [4.78, 5) is 40.6. The van der Waals surface area contributed by atoms with E-state index in [1.54, 1.807) is 18.2 Å². The SMILES string of the molecule is O=C(NC1CCCCC1)c1ccc2c(=O)n(CCc3ccccc3)c(=O)[nH]c2c1. The van der Waals surface area contributed by atoms with Gasteiger partial charge in [0.05, 0.1) is 10.9 Å². The summed E-state index contributed by atoms with van der Waals surface area (Å²) in [5.74, 6) is -0.159. The van der Waals surface area contributed by atoms with Crippen molar-refractivity contribution in [3.8, 4) is 0 Å². The van der Waals surface area contributed by atoms with Gasteiger partial charge in [0.15, 0.2) is 0 Å². The van der Waals surface area contributed by atoms with Gasteiger partial charge in [-0.05, 0) is 43.0 Å². The molecule has 1 aromatic heterocycles. The number of carbonyl (C=O) groups is 1. The smallest absolute Gasteiger partial charge is 0.328 e. The van der Waals surface area contributed by atoms with Crippen molar-refractivity contribution in [2.24, 2.45) is 0 Å². The van der Waals surface area contributed by atoms with Gasteiger partial charge in [-0.1, -0.05) is 49.6 Å². The van der Waals surface area contributed by atoms with Crippen LogP contribution in [0.2, 0.25) is 0 Å². The van der Waals surface area contributed by atoms with Gasteiger partial charge in [0.25, 0.3) is 11.5 Å². The maximum absolute atomic E-state index is 12.8. The molecular weight excluding hydrogens is 366 g/mol. The van der Waals surface area contributed by atoms with Crippen LogP contribution in [0, 0.1) is 0 Å². The maximum Gasteiger partial charge on any atom is 0.328 e. The fourth-order valence-corrected chi connectivity index (χ4v) is 4.00. The first-order chi connectivity index (χ1) is 14.1. The van der Waals surface area contributed by atoms with Gasteiger partial charge in [0.2, 0.25) is 0 Å². The van der Waals surface area contributed by atoms with Crippen LogP contribution in [-0.2, 0) is 13.0 Å². The predicted octanol–water partition coefficient (Wildman–Crippen LogP) is 3.00. The van der Waals surface area contributed by atoms with E-state index in [4.69, 9.17) is 0 Å². The molecule has 1 heterocycles. The molecule has 1 aliphatic carbocycles. The highest BCUT2D eigenvalue weighted by Gasteiger charge is 2.17. The number of hydrogen-bond acceptors (Lipinski definition) is 3. The second-order valence-corrected chi connectivity index (χ2v) is 7.69. The first kappa shape index (κ1) is 19.2. The van der Waals surface area contributed by atoms with E-state index in [1.807, 2.05) is 30.3 Å². The summed E-state index contributed by atoms with van der Waals surface area (Å²) in [6.07, 6.45) is 6.10. The molecule has 2 N–H and O–H groups in total. The van der Waals surface area contributed by atoms with Gasteiger partial charge in [0, 0.05) is 18.2 Å². The first-order valence-corrected chi connectivity index (χ1v) is 10.2. The summed E-state index contributed by atoms with van der Waals surface area (Å²) >= 11 is 0. The van der Waals surface area contributed by atoms with E-state index in [1.165, 1.54) is 11.0 Å². The predicted molar refractivity (Wildman–Crippen MR) is 113 cm³/mol. The maximum atomic E-state index is 12.8. The highest BCUT2D eigenvalue weighted by atomic mass is 16.2. The number of fused-ring (bicyclic) bond motifs is 1. The number of H-pyrrole nitrogens is 1. The third-order valence-corrected chi connectivity index (χ3v) is 5.65. The van der Waals surface area contributed by atoms with E-state index in [2.05, 4.69) is 10.3 Å². The minimum atomic E-state index is -0.455.